The fourth-order valence-corrected chi connectivity index (χ4v) is 3.86. The van der Waals surface area contributed by atoms with Gasteiger partial charge in [-0.2, -0.15) is 0 Å². The Morgan fingerprint density at radius 2 is 1.72 bits per heavy atom. The lowest BCUT2D eigenvalue weighted by atomic mass is 9.95. The van der Waals surface area contributed by atoms with Crippen molar-refractivity contribution in [3.8, 4) is 5.75 Å². The van der Waals surface area contributed by atoms with Crippen LogP contribution < -0.4 is 9.84 Å². The molecule has 0 bridgehead atoms. The first kappa shape index (κ1) is 23.3. The van der Waals surface area contributed by atoms with E-state index < -0.39 is 23.7 Å². The van der Waals surface area contributed by atoms with E-state index in [9.17, 15) is 24.6 Å². The molecule has 0 aliphatic carbocycles. The number of hydrogen-bond acceptors (Lipinski definition) is 6. The number of aliphatic hydroxyl groups is 1. The summed E-state index contributed by atoms with van der Waals surface area (Å²) in [6.07, 6.45) is 1.43. The molecular formula is C24H23ClNO6-. The van der Waals surface area contributed by atoms with Gasteiger partial charge < -0.3 is 24.6 Å². The molecule has 2 aromatic carbocycles. The number of carbonyl (C=O) groups excluding carboxylic acids is 3. The Morgan fingerprint density at radius 3 is 2.31 bits per heavy atom. The first-order chi connectivity index (χ1) is 15.3. The maximum Gasteiger partial charge on any atom is 0.295 e. The summed E-state index contributed by atoms with van der Waals surface area (Å²) in [5.74, 6) is -2.28. The van der Waals surface area contributed by atoms with Crippen LogP contribution >= 0.6 is 11.6 Å². The summed E-state index contributed by atoms with van der Waals surface area (Å²) in [4.78, 5) is 37.8. The van der Waals surface area contributed by atoms with E-state index in [0.717, 1.165) is 0 Å². The minimum Gasteiger partial charge on any atom is -0.550 e. The lowest BCUT2D eigenvalue weighted by molar-refractivity contribution is -0.305. The quantitative estimate of drug-likeness (QED) is 0.269. The smallest absolute Gasteiger partial charge is 0.295 e. The molecule has 2 aromatic rings. The topological polar surface area (TPSA) is 107 Å². The van der Waals surface area contributed by atoms with Crippen molar-refractivity contribution in [2.45, 2.75) is 31.7 Å². The highest BCUT2D eigenvalue weighted by Gasteiger charge is 2.45. The molecule has 1 saturated heterocycles. The summed E-state index contributed by atoms with van der Waals surface area (Å²) in [7, 11) is 1.52. The van der Waals surface area contributed by atoms with Crippen molar-refractivity contribution in [3.63, 3.8) is 0 Å². The van der Waals surface area contributed by atoms with Crippen LogP contribution in [-0.4, -0.2) is 41.3 Å². The molecular weight excluding hydrogens is 434 g/mol. The third-order valence-electron chi connectivity index (χ3n) is 5.37. The number of carbonyl (C=O) groups is 3. The van der Waals surface area contributed by atoms with E-state index in [1.807, 2.05) is 0 Å². The molecule has 0 saturated carbocycles. The van der Waals surface area contributed by atoms with Crippen molar-refractivity contribution in [2.75, 3.05) is 13.7 Å². The normalized spacial score (nSPS) is 17.6. The van der Waals surface area contributed by atoms with E-state index >= 15 is 0 Å². The second-order valence-corrected chi connectivity index (χ2v) is 7.89. The van der Waals surface area contributed by atoms with Crippen molar-refractivity contribution in [2.24, 2.45) is 0 Å². The van der Waals surface area contributed by atoms with Gasteiger partial charge in [-0.05, 0) is 61.2 Å². The maximum atomic E-state index is 12.9. The number of aliphatic hydroxyl groups excluding tert-OH is 1. The highest BCUT2D eigenvalue weighted by molar-refractivity contribution is 6.46. The monoisotopic (exact) mass is 456 g/mol. The number of halogens is 1. The number of likely N-dealkylation sites (tertiary alicyclic amines) is 1. The van der Waals surface area contributed by atoms with Crippen LogP contribution in [0.1, 0.15) is 42.9 Å². The Morgan fingerprint density at radius 1 is 1.06 bits per heavy atom. The number of aliphatic carboxylic acids is 1. The van der Waals surface area contributed by atoms with Crippen molar-refractivity contribution in [1.29, 1.82) is 0 Å². The first-order valence-electron chi connectivity index (χ1n) is 10.2. The number of ketones is 1. The SMILES string of the molecule is COc1ccc(C(O)=C2C(=O)C(=O)N(CCCCCC(=O)[O-])C2c2ccc(Cl)cc2)cc1. The molecule has 1 N–H and O–H groups in total. The molecule has 0 radical (unpaired) electrons. The average molecular weight is 457 g/mol. The third-order valence-corrected chi connectivity index (χ3v) is 5.62. The summed E-state index contributed by atoms with van der Waals surface area (Å²) < 4.78 is 5.13. The molecule has 1 heterocycles. The zero-order chi connectivity index (χ0) is 23.3. The van der Waals surface area contributed by atoms with E-state index in [0.29, 0.717) is 41.2 Å². The molecule has 3 rings (SSSR count). The molecule has 7 nitrogen and oxygen atoms in total. The molecule has 0 spiro atoms. The van der Waals surface area contributed by atoms with Crippen molar-refractivity contribution < 1.29 is 29.3 Å². The van der Waals surface area contributed by atoms with Crippen LogP contribution in [0.25, 0.3) is 5.76 Å². The fourth-order valence-electron chi connectivity index (χ4n) is 3.73. The first-order valence-corrected chi connectivity index (χ1v) is 10.6. The van der Waals surface area contributed by atoms with E-state index in [4.69, 9.17) is 16.3 Å². The third kappa shape index (κ3) is 5.11. The number of ether oxygens (including phenoxy) is 1. The second-order valence-electron chi connectivity index (χ2n) is 7.46. The predicted octanol–water partition coefficient (Wildman–Crippen LogP) is 3.08. The van der Waals surface area contributed by atoms with Crippen molar-refractivity contribution in [3.05, 3.63) is 70.3 Å². The largest absolute Gasteiger partial charge is 0.550 e. The van der Waals surface area contributed by atoms with Gasteiger partial charge in [0.15, 0.2) is 0 Å². The number of carboxylic acids is 1. The minimum absolute atomic E-state index is 0.00257. The van der Waals surface area contributed by atoms with E-state index in [2.05, 4.69) is 0 Å². The fraction of sp³-hybridized carbons (Fsp3) is 0.292. The number of rotatable bonds is 9. The van der Waals surface area contributed by atoms with Crippen LogP contribution in [-0.2, 0) is 14.4 Å². The summed E-state index contributed by atoms with van der Waals surface area (Å²) in [6, 6.07) is 12.5. The zero-order valence-electron chi connectivity index (χ0n) is 17.5. The number of nitrogens with zero attached hydrogens (tertiary/aromatic N) is 1. The molecule has 32 heavy (non-hydrogen) atoms. The molecule has 1 aliphatic heterocycles. The van der Waals surface area contributed by atoms with Crippen LogP contribution in [0, 0.1) is 0 Å². The van der Waals surface area contributed by atoms with Crippen LogP contribution in [0.5, 0.6) is 5.75 Å². The summed E-state index contributed by atoms with van der Waals surface area (Å²) in [5, 5.41) is 22.1. The maximum absolute atomic E-state index is 12.9. The average Bonchev–Trinajstić information content (AvgIpc) is 3.03. The van der Waals surface area contributed by atoms with E-state index in [1.165, 1.54) is 12.0 Å². The Hall–Kier alpha value is -3.32. The van der Waals surface area contributed by atoms with Gasteiger partial charge in [-0.1, -0.05) is 30.2 Å². The number of methoxy groups -OCH3 is 1. The van der Waals surface area contributed by atoms with Crippen LogP contribution in [0.2, 0.25) is 5.02 Å². The lowest BCUT2D eigenvalue weighted by Gasteiger charge is -2.25. The predicted molar refractivity (Wildman–Crippen MR) is 117 cm³/mol. The molecule has 1 unspecified atom stereocenters. The number of Topliss-reactive ketones (excluding diaryl/α,β-unsaturated/α-hetero) is 1. The number of carboxylic acid groups (broad SMARTS) is 1. The minimum atomic E-state index is -1.12. The number of unbranched alkanes of at least 4 members (excludes halogenated alkanes) is 2. The molecule has 1 fully saturated rings. The second kappa shape index (κ2) is 10.3. The molecule has 168 valence electrons. The number of benzene rings is 2. The van der Waals surface area contributed by atoms with Gasteiger partial charge in [0.05, 0.1) is 18.7 Å². The van der Waals surface area contributed by atoms with Gasteiger partial charge in [-0.15, -0.1) is 0 Å². The van der Waals surface area contributed by atoms with Gasteiger partial charge in [0, 0.05) is 23.1 Å². The number of hydrogen-bond donors (Lipinski definition) is 1. The van der Waals surface area contributed by atoms with E-state index in [-0.39, 0.29) is 24.3 Å². The van der Waals surface area contributed by atoms with Gasteiger partial charge in [0.1, 0.15) is 11.5 Å². The van der Waals surface area contributed by atoms with Crippen LogP contribution in [0.3, 0.4) is 0 Å². The molecule has 8 heteroatoms. The van der Waals surface area contributed by atoms with Gasteiger partial charge >= 0.3 is 0 Å². The van der Waals surface area contributed by atoms with Gasteiger partial charge in [-0.3, -0.25) is 9.59 Å². The van der Waals surface area contributed by atoms with Gasteiger partial charge in [0.2, 0.25) is 0 Å². The highest BCUT2D eigenvalue weighted by atomic mass is 35.5. The van der Waals surface area contributed by atoms with Crippen LogP contribution in [0.4, 0.5) is 0 Å². The zero-order valence-corrected chi connectivity index (χ0v) is 18.3. The molecule has 1 amide bonds. The van der Waals surface area contributed by atoms with Crippen molar-refractivity contribution in [1.82, 2.24) is 4.90 Å². The van der Waals surface area contributed by atoms with Crippen LogP contribution in [0.15, 0.2) is 54.1 Å². The Bertz CT molecular complexity index is 1030. The highest BCUT2D eigenvalue weighted by Crippen LogP contribution is 2.40. The Kier molecular flexibility index (Phi) is 7.53. The number of amides is 1. The standard InChI is InChI=1S/C24H24ClNO6/c1-32-18-12-8-16(9-13-18)22(29)20-21(15-6-10-17(25)11-7-15)26(24(31)23(20)30)14-4-2-3-5-19(27)28/h6-13,21,29H,2-5,14H2,1H3,(H,27,28)/p-1. The molecule has 0 aromatic heterocycles. The lowest BCUT2D eigenvalue weighted by Crippen LogP contribution is -2.30. The van der Waals surface area contributed by atoms with E-state index in [1.54, 1.807) is 48.5 Å². The Balaban J connectivity index is 1.96. The van der Waals surface area contributed by atoms with Gasteiger partial charge in [-0.25, -0.2) is 0 Å². The summed E-state index contributed by atoms with van der Waals surface area (Å²) in [5.41, 5.74) is 1.02. The summed E-state index contributed by atoms with van der Waals surface area (Å²) >= 11 is 6.01. The molecule has 1 atom stereocenters. The summed E-state index contributed by atoms with van der Waals surface area (Å²) in [6.45, 7) is 0.240. The van der Waals surface area contributed by atoms with Gasteiger partial charge in [0.25, 0.3) is 11.7 Å². The Labute approximate surface area is 190 Å². The molecule has 1 aliphatic rings. The van der Waals surface area contributed by atoms with Crippen molar-refractivity contribution >= 4 is 35.0 Å².